The van der Waals surface area contributed by atoms with E-state index in [1.54, 1.807) is 30.3 Å². The molecule has 1 unspecified atom stereocenters. The van der Waals surface area contributed by atoms with Crippen LogP contribution in [0.1, 0.15) is 17.7 Å². The fourth-order valence-electron chi connectivity index (χ4n) is 3.13. The molecule has 1 saturated heterocycles. The number of piperidine rings is 1. The van der Waals surface area contributed by atoms with E-state index in [0.29, 0.717) is 29.3 Å². The third-order valence-corrected chi connectivity index (χ3v) is 9.01. The number of carbonyl (C=O) groups excluding carboxylic acids is 2. The number of sulfonamides is 1. The molecule has 0 radical (unpaired) electrons. The van der Waals surface area contributed by atoms with Crippen molar-refractivity contribution in [1.29, 1.82) is 0 Å². The monoisotopic (exact) mass is 453 g/mol. The molecule has 29 heavy (non-hydrogen) atoms. The van der Waals surface area contributed by atoms with Crippen molar-refractivity contribution in [2.75, 3.05) is 24.2 Å². The zero-order chi connectivity index (χ0) is 21.0. The molecule has 10 heteroatoms. The van der Waals surface area contributed by atoms with Crippen LogP contribution in [0, 0.1) is 12.8 Å². The third-order valence-electron chi connectivity index (χ3n) is 4.58. The summed E-state index contributed by atoms with van der Waals surface area (Å²) >= 11 is 2.49. The normalized spacial score (nSPS) is 17.8. The van der Waals surface area contributed by atoms with E-state index in [0.717, 1.165) is 9.77 Å². The molecule has 1 aromatic heterocycles. The van der Waals surface area contributed by atoms with Crippen LogP contribution in [0.25, 0.3) is 0 Å². The second-order valence-electron chi connectivity index (χ2n) is 6.81. The lowest BCUT2D eigenvalue weighted by atomic mass is 9.99. The van der Waals surface area contributed by atoms with E-state index in [1.165, 1.54) is 27.4 Å². The zero-order valence-electron chi connectivity index (χ0n) is 16.0. The van der Waals surface area contributed by atoms with Gasteiger partial charge in [-0.05, 0) is 44.0 Å². The Kier molecular flexibility index (Phi) is 6.99. The first-order chi connectivity index (χ1) is 13.8. The number of anilines is 1. The van der Waals surface area contributed by atoms with Crippen molar-refractivity contribution in [3.8, 4) is 0 Å². The van der Waals surface area contributed by atoms with Crippen LogP contribution in [-0.4, -0.2) is 43.4 Å². The number of hydrogen-bond acceptors (Lipinski definition) is 6. The zero-order valence-corrected chi connectivity index (χ0v) is 18.4. The molecular formula is C19H23N3O4S3. The van der Waals surface area contributed by atoms with Crippen molar-refractivity contribution in [2.45, 2.75) is 28.9 Å². The molecular weight excluding hydrogens is 430 g/mol. The van der Waals surface area contributed by atoms with Crippen LogP contribution in [0.2, 0.25) is 0 Å². The molecule has 7 nitrogen and oxygen atoms in total. The fourth-order valence-corrected chi connectivity index (χ4v) is 6.84. The third kappa shape index (κ3) is 5.39. The van der Waals surface area contributed by atoms with Gasteiger partial charge in [-0.25, -0.2) is 8.42 Å². The molecule has 3 N–H and O–H groups in total. The minimum atomic E-state index is -3.59. The summed E-state index contributed by atoms with van der Waals surface area (Å²) in [5.74, 6) is -0.982. The summed E-state index contributed by atoms with van der Waals surface area (Å²) in [6, 6.07) is 10.6. The topological polar surface area (TPSA) is 110 Å². The average molecular weight is 454 g/mol. The molecule has 0 saturated carbocycles. The van der Waals surface area contributed by atoms with Crippen molar-refractivity contribution in [3.63, 3.8) is 0 Å². The van der Waals surface area contributed by atoms with Gasteiger partial charge < -0.3 is 11.1 Å². The minimum Gasteiger partial charge on any atom is -0.369 e. The highest BCUT2D eigenvalue weighted by Crippen LogP contribution is 2.30. The fraction of sp³-hybridized carbons (Fsp3) is 0.368. The number of primary amides is 1. The molecule has 0 spiro atoms. The van der Waals surface area contributed by atoms with E-state index in [9.17, 15) is 18.0 Å². The summed E-state index contributed by atoms with van der Waals surface area (Å²) in [5, 5.41) is 2.89. The summed E-state index contributed by atoms with van der Waals surface area (Å²) < 4.78 is 27.5. The minimum absolute atomic E-state index is 0.114. The first-order valence-corrected chi connectivity index (χ1v) is 12.4. The number of thioether (sulfide) groups is 1. The van der Waals surface area contributed by atoms with Crippen LogP contribution in [-0.2, 0) is 19.6 Å². The summed E-state index contributed by atoms with van der Waals surface area (Å²) in [6.07, 6.45) is 1.25. The van der Waals surface area contributed by atoms with Gasteiger partial charge in [-0.2, -0.15) is 4.31 Å². The average Bonchev–Trinajstić information content (AvgIpc) is 3.14. The number of nitrogens with two attached hydrogens (primary N) is 1. The summed E-state index contributed by atoms with van der Waals surface area (Å²) in [5.41, 5.74) is 5.80. The van der Waals surface area contributed by atoms with Gasteiger partial charge in [-0.15, -0.1) is 23.1 Å². The van der Waals surface area contributed by atoms with E-state index in [2.05, 4.69) is 5.32 Å². The molecule has 1 fully saturated rings. The molecule has 3 rings (SSSR count). The number of hydrogen-bond donors (Lipinski definition) is 2. The van der Waals surface area contributed by atoms with Crippen LogP contribution in [0.4, 0.5) is 5.69 Å². The Morgan fingerprint density at radius 3 is 2.72 bits per heavy atom. The molecule has 0 bridgehead atoms. The molecule has 1 aromatic carbocycles. The Bertz CT molecular complexity index is 1000. The maximum absolute atomic E-state index is 12.9. The molecule has 2 amide bonds. The van der Waals surface area contributed by atoms with Gasteiger partial charge in [0.2, 0.25) is 11.8 Å². The number of para-hydroxylation sites is 1. The van der Waals surface area contributed by atoms with Crippen molar-refractivity contribution in [1.82, 2.24) is 4.31 Å². The number of nitrogens with one attached hydrogen (secondary N) is 1. The summed E-state index contributed by atoms with van der Waals surface area (Å²) in [7, 11) is -3.59. The molecule has 2 heterocycles. The summed E-state index contributed by atoms with van der Waals surface area (Å²) in [4.78, 5) is 25.6. The van der Waals surface area contributed by atoms with Gasteiger partial charge >= 0.3 is 0 Å². The first-order valence-electron chi connectivity index (χ1n) is 9.15. The quantitative estimate of drug-likeness (QED) is 0.627. The Morgan fingerprint density at radius 1 is 1.28 bits per heavy atom. The highest BCUT2D eigenvalue weighted by Gasteiger charge is 2.34. The Balaban J connectivity index is 1.70. The van der Waals surface area contributed by atoms with Crippen LogP contribution in [0.5, 0.6) is 0 Å². The molecule has 2 aromatic rings. The lowest BCUT2D eigenvalue weighted by Crippen LogP contribution is -2.43. The van der Waals surface area contributed by atoms with Gasteiger partial charge in [-0.1, -0.05) is 12.1 Å². The largest absolute Gasteiger partial charge is 0.369 e. The summed E-state index contributed by atoms with van der Waals surface area (Å²) in [6.45, 7) is 2.43. The second kappa shape index (κ2) is 9.29. The van der Waals surface area contributed by atoms with E-state index in [4.69, 9.17) is 5.73 Å². The highest BCUT2D eigenvalue weighted by atomic mass is 32.2. The number of rotatable bonds is 7. The van der Waals surface area contributed by atoms with Crippen molar-refractivity contribution >= 4 is 50.6 Å². The van der Waals surface area contributed by atoms with Crippen molar-refractivity contribution in [2.24, 2.45) is 11.7 Å². The van der Waals surface area contributed by atoms with Crippen molar-refractivity contribution < 1.29 is 18.0 Å². The number of nitrogens with zero attached hydrogens (tertiary/aromatic N) is 1. The number of aryl methyl sites for hydroxylation is 1. The Labute approximate surface area is 178 Å². The lowest BCUT2D eigenvalue weighted by Gasteiger charge is -2.31. The van der Waals surface area contributed by atoms with Gasteiger partial charge in [0.25, 0.3) is 10.0 Å². The van der Waals surface area contributed by atoms with Crippen molar-refractivity contribution in [3.05, 3.63) is 41.3 Å². The predicted molar refractivity (Wildman–Crippen MR) is 116 cm³/mol. The molecule has 1 aliphatic heterocycles. The van der Waals surface area contributed by atoms with Crippen LogP contribution >= 0.6 is 23.1 Å². The van der Waals surface area contributed by atoms with E-state index in [-0.39, 0.29) is 18.2 Å². The smallest absolute Gasteiger partial charge is 0.252 e. The van der Waals surface area contributed by atoms with E-state index < -0.39 is 21.8 Å². The molecule has 0 aliphatic carbocycles. The van der Waals surface area contributed by atoms with Crippen LogP contribution in [0.3, 0.4) is 0 Å². The van der Waals surface area contributed by atoms with Gasteiger partial charge in [0.15, 0.2) is 0 Å². The second-order valence-corrected chi connectivity index (χ2v) is 11.3. The Hall–Kier alpha value is -1.88. The SMILES string of the molecule is Cc1ccc(S(=O)(=O)N2CCCC(C(=O)Nc3ccccc3SCC(N)=O)C2)s1. The van der Waals surface area contributed by atoms with Gasteiger partial charge in [0.1, 0.15) is 4.21 Å². The molecule has 1 aliphatic rings. The molecule has 1 atom stereocenters. The number of thiophene rings is 1. The van der Waals surface area contributed by atoms with Crippen LogP contribution < -0.4 is 11.1 Å². The first kappa shape index (κ1) is 21.8. The van der Waals surface area contributed by atoms with Crippen LogP contribution in [0.15, 0.2) is 45.5 Å². The van der Waals surface area contributed by atoms with E-state index >= 15 is 0 Å². The Morgan fingerprint density at radius 2 is 2.03 bits per heavy atom. The molecule has 156 valence electrons. The van der Waals surface area contributed by atoms with E-state index in [1.807, 2.05) is 13.0 Å². The van der Waals surface area contributed by atoms with Gasteiger partial charge in [0.05, 0.1) is 17.4 Å². The highest BCUT2D eigenvalue weighted by molar-refractivity contribution is 8.00. The number of carbonyl (C=O) groups is 2. The maximum atomic E-state index is 12.9. The number of benzene rings is 1. The predicted octanol–water partition coefficient (Wildman–Crippen LogP) is 2.67. The number of amides is 2. The van der Waals surface area contributed by atoms with Gasteiger partial charge in [0, 0.05) is 22.9 Å². The lowest BCUT2D eigenvalue weighted by molar-refractivity contribution is -0.121. The standard InChI is InChI=1S/C19H23N3O4S3/c1-13-8-9-18(28-13)29(25,26)22-10-4-5-14(11-22)19(24)21-15-6-2-3-7-16(15)27-12-17(20)23/h2-3,6-9,14H,4-5,10-12H2,1H3,(H2,20,23)(H,21,24). The van der Waals surface area contributed by atoms with Gasteiger partial charge in [-0.3, -0.25) is 9.59 Å². The maximum Gasteiger partial charge on any atom is 0.252 e.